The molecule has 1 aliphatic rings. The summed E-state index contributed by atoms with van der Waals surface area (Å²) in [6.45, 7) is 15.5. The lowest BCUT2D eigenvalue weighted by molar-refractivity contribution is 0.0597. The Labute approximate surface area is 222 Å². The van der Waals surface area contributed by atoms with Crippen LogP contribution in [-0.2, 0) is 0 Å². The Bertz CT molecular complexity index is 1270. The molecule has 4 aromatic rings. The van der Waals surface area contributed by atoms with Gasteiger partial charge in [0.15, 0.2) is 0 Å². The maximum Gasteiger partial charge on any atom is 0.137 e. The molecular weight excluding hydrogens is 452 g/mol. The number of H-pyrrole nitrogens is 1. The fourth-order valence-electron chi connectivity index (χ4n) is 6.03. The number of hydrogen-bond acceptors (Lipinski definition) is 3. The second-order valence-corrected chi connectivity index (χ2v) is 10.8. The molecule has 37 heavy (non-hydrogen) atoms. The van der Waals surface area contributed by atoms with Crippen molar-refractivity contribution in [2.24, 2.45) is 5.92 Å². The van der Waals surface area contributed by atoms with Crippen LogP contribution < -0.4 is 0 Å². The summed E-state index contributed by atoms with van der Waals surface area (Å²) in [5, 5.41) is 0. The smallest absolute Gasteiger partial charge is 0.137 e. The molecule has 3 aromatic carbocycles. The zero-order valence-electron chi connectivity index (χ0n) is 22.9. The van der Waals surface area contributed by atoms with Crippen LogP contribution in [0, 0.1) is 26.7 Å². The number of aromatic amines is 1. The van der Waals surface area contributed by atoms with Gasteiger partial charge in [0.25, 0.3) is 0 Å². The molecule has 1 aromatic heterocycles. The van der Waals surface area contributed by atoms with Crippen molar-refractivity contribution in [3.05, 3.63) is 113 Å². The molecule has 1 saturated heterocycles. The summed E-state index contributed by atoms with van der Waals surface area (Å²) in [5.41, 5.74) is 9.07. The van der Waals surface area contributed by atoms with Gasteiger partial charge in [-0.2, -0.15) is 0 Å². The lowest BCUT2D eigenvalue weighted by Crippen LogP contribution is -2.50. The quantitative estimate of drug-likeness (QED) is 0.299. The third-order valence-electron chi connectivity index (χ3n) is 7.95. The predicted molar refractivity (Wildman–Crippen MR) is 154 cm³/mol. The van der Waals surface area contributed by atoms with E-state index in [4.69, 9.17) is 4.98 Å². The predicted octanol–water partition coefficient (Wildman–Crippen LogP) is 7.11. The zero-order chi connectivity index (χ0) is 25.9. The molecule has 2 heterocycles. The van der Waals surface area contributed by atoms with Gasteiger partial charge >= 0.3 is 0 Å². The minimum atomic E-state index is 0.277. The molecule has 1 N–H and O–H groups in total. The minimum absolute atomic E-state index is 0.277. The number of aryl methyl sites for hydroxylation is 3. The summed E-state index contributed by atoms with van der Waals surface area (Å²) < 4.78 is 0. The van der Waals surface area contributed by atoms with E-state index < -0.39 is 0 Å². The Morgan fingerprint density at radius 2 is 1.19 bits per heavy atom. The molecule has 1 fully saturated rings. The van der Waals surface area contributed by atoms with Crippen LogP contribution >= 0.6 is 0 Å². The van der Waals surface area contributed by atoms with E-state index >= 15 is 0 Å². The molecule has 0 saturated carbocycles. The summed E-state index contributed by atoms with van der Waals surface area (Å²) in [4.78, 5) is 14.1. The van der Waals surface area contributed by atoms with Crippen LogP contribution in [0.4, 0.5) is 0 Å². The fraction of sp³-hybridized carbons (Fsp3) is 0.364. The Kier molecular flexibility index (Phi) is 7.59. The molecule has 0 aliphatic carbocycles. The lowest BCUT2D eigenvalue weighted by Gasteiger charge is -2.44. The van der Waals surface area contributed by atoms with Gasteiger partial charge in [0.1, 0.15) is 5.82 Å². The average molecular weight is 493 g/mol. The highest BCUT2D eigenvalue weighted by Crippen LogP contribution is 2.36. The molecule has 0 bridgehead atoms. The first-order valence-electron chi connectivity index (χ1n) is 13.6. The largest absolute Gasteiger partial charge is 0.342 e. The van der Waals surface area contributed by atoms with E-state index in [1.165, 1.54) is 33.6 Å². The first kappa shape index (κ1) is 25.4. The second kappa shape index (κ2) is 11.0. The molecule has 5 rings (SSSR count). The highest BCUT2D eigenvalue weighted by Gasteiger charge is 2.34. The van der Waals surface area contributed by atoms with Gasteiger partial charge in [0, 0.05) is 37.4 Å². The Balaban J connectivity index is 1.40. The number of aromatic nitrogens is 2. The highest BCUT2D eigenvalue weighted by molar-refractivity contribution is 5.55. The normalized spacial score (nSPS) is 16.0. The number of rotatable bonds is 7. The van der Waals surface area contributed by atoms with Crippen LogP contribution in [0.25, 0.3) is 11.4 Å². The standard InChI is InChI=1S/C33H40N4/c1-23(2)31(30-26(5)34-33(35-30)27-15-7-6-8-16-27)36-19-21-37(22-20-36)32(28-17-11-9-13-24(28)3)29-18-12-10-14-25(29)4/h6-18,23,31-32H,19-22H2,1-5H3,(H,34,35). The molecule has 0 amide bonds. The van der Waals surface area contributed by atoms with E-state index in [1.807, 2.05) is 0 Å². The van der Waals surface area contributed by atoms with Gasteiger partial charge < -0.3 is 4.98 Å². The van der Waals surface area contributed by atoms with E-state index in [1.54, 1.807) is 0 Å². The van der Waals surface area contributed by atoms with Crippen LogP contribution in [0.5, 0.6) is 0 Å². The maximum atomic E-state index is 5.14. The SMILES string of the molecule is Cc1ccccc1C(c1ccccc1C)N1CCN(C(c2nc(-c3ccccc3)[nH]c2C)C(C)C)CC1. The summed E-state index contributed by atoms with van der Waals surface area (Å²) in [5.74, 6) is 1.44. The summed E-state index contributed by atoms with van der Waals surface area (Å²) in [6.07, 6.45) is 0. The Morgan fingerprint density at radius 3 is 1.73 bits per heavy atom. The van der Waals surface area contributed by atoms with Crippen LogP contribution in [-0.4, -0.2) is 45.9 Å². The van der Waals surface area contributed by atoms with Crippen molar-refractivity contribution in [3.8, 4) is 11.4 Å². The minimum Gasteiger partial charge on any atom is -0.342 e. The number of nitrogens with one attached hydrogen (secondary N) is 1. The molecule has 0 spiro atoms. The monoisotopic (exact) mass is 492 g/mol. The number of benzene rings is 3. The molecular formula is C33H40N4. The number of hydrogen-bond donors (Lipinski definition) is 1. The first-order chi connectivity index (χ1) is 17.9. The van der Waals surface area contributed by atoms with E-state index in [2.05, 4.69) is 128 Å². The molecule has 1 unspecified atom stereocenters. The van der Waals surface area contributed by atoms with Crippen LogP contribution in [0.2, 0.25) is 0 Å². The van der Waals surface area contributed by atoms with E-state index in [9.17, 15) is 0 Å². The molecule has 192 valence electrons. The summed E-state index contributed by atoms with van der Waals surface area (Å²) >= 11 is 0. The van der Waals surface area contributed by atoms with Crippen molar-refractivity contribution >= 4 is 0 Å². The van der Waals surface area contributed by atoms with E-state index in [-0.39, 0.29) is 6.04 Å². The number of imidazole rings is 1. The third kappa shape index (κ3) is 5.27. The van der Waals surface area contributed by atoms with Crippen molar-refractivity contribution in [3.63, 3.8) is 0 Å². The number of nitrogens with zero attached hydrogens (tertiary/aromatic N) is 3. The van der Waals surface area contributed by atoms with Crippen LogP contribution in [0.1, 0.15) is 59.6 Å². The molecule has 4 nitrogen and oxygen atoms in total. The zero-order valence-corrected chi connectivity index (χ0v) is 22.9. The first-order valence-corrected chi connectivity index (χ1v) is 13.6. The van der Waals surface area contributed by atoms with Crippen LogP contribution in [0.15, 0.2) is 78.9 Å². The van der Waals surface area contributed by atoms with Gasteiger partial charge in [-0.25, -0.2) is 4.98 Å². The molecule has 1 aliphatic heterocycles. The van der Waals surface area contributed by atoms with Gasteiger partial charge in [-0.05, 0) is 48.9 Å². The average Bonchev–Trinajstić information content (AvgIpc) is 3.28. The van der Waals surface area contributed by atoms with E-state index in [0.29, 0.717) is 12.0 Å². The molecule has 1 atom stereocenters. The number of piperazine rings is 1. The van der Waals surface area contributed by atoms with Crippen LogP contribution in [0.3, 0.4) is 0 Å². The van der Waals surface area contributed by atoms with Crippen molar-refractivity contribution < 1.29 is 0 Å². The van der Waals surface area contributed by atoms with Gasteiger partial charge in [-0.1, -0.05) is 92.7 Å². The van der Waals surface area contributed by atoms with E-state index in [0.717, 1.165) is 37.6 Å². The van der Waals surface area contributed by atoms with Crippen molar-refractivity contribution in [2.45, 2.75) is 46.7 Å². The van der Waals surface area contributed by atoms with Gasteiger partial charge in [-0.15, -0.1) is 0 Å². The Hall–Kier alpha value is -3.21. The highest BCUT2D eigenvalue weighted by atomic mass is 15.3. The van der Waals surface area contributed by atoms with Gasteiger partial charge in [0.2, 0.25) is 0 Å². The van der Waals surface area contributed by atoms with Gasteiger partial charge in [0.05, 0.1) is 17.8 Å². The van der Waals surface area contributed by atoms with Gasteiger partial charge in [-0.3, -0.25) is 9.80 Å². The molecule has 0 radical (unpaired) electrons. The topological polar surface area (TPSA) is 35.2 Å². The summed E-state index contributed by atoms with van der Waals surface area (Å²) in [6, 6.07) is 28.8. The summed E-state index contributed by atoms with van der Waals surface area (Å²) in [7, 11) is 0. The fourth-order valence-corrected chi connectivity index (χ4v) is 6.03. The Morgan fingerprint density at radius 1 is 0.676 bits per heavy atom. The lowest BCUT2D eigenvalue weighted by atomic mass is 9.90. The molecule has 4 heteroatoms. The second-order valence-electron chi connectivity index (χ2n) is 10.8. The van der Waals surface area contributed by atoms with Crippen molar-refractivity contribution in [1.29, 1.82) is 0 Å². The van der Waals surface area contributed by atoms with Crippen molar-refractivity contribution in [1.82, 2.24) is 19.8 Å². The maximum absolute atomic E-state index is 5.14. The third-order valence-corrected chi connectivity index (χ3v) is 7.95. The van der Waals surface area contributed by atoms with Crippen molar-refractivity contribution in [2.75, 3.05) is 26.2 Å².